The molecule has 0 aliphatic heterocycles. The maximum atomic E-state index is 6.21. The summed E-state index contributed by atoms with van der Waals surface area (Å²) in [4.78, 5) is 2.36. The van der Waals surface area contributed by atoms with Crippen LogP contribution in [0.4, 0.5) is 17.1 Å². The van der Waals surface area contributed by atoms with Crippen molar-refractivity contribution in [2.24, 2.45) is 0 Å². The highest BCUT2D eigenvalue weighted by atomic mass is 32.1. The number of hydrogen-bond donors (Lipinski definition) is 0. The topological polar surface area (TPSA) is 29.5 Å². The Hall–Kier alpha value is -6.36. The van der Waals surface area contributed by atoms with Gasteiger partial charge < -0.3 is 13.7 Å². The van der Waals surface area contributed by atoms with Gasteiger partial charge in [0.1, 0.15) is 22.3 Å². The van der Waals surface area contributed by atoms with Crippen LogP contribution in [0.5, 0.6) is 0 Å². The lowest BCUT2D eigenvalue weighted by Crippen LogP contribution is -2.09. The van der Waals surface area contributed by atoms with Crippen molar-refractivity contribution < 1.29 is 8.83 Å². The molecule has 3 nitrogen and oxygen atoms in total. The summed E-state index contributed by atoms with van der Waals surface area (Å²) in [5.41, 5.74) is 9.24. The first kappa shape index (κ1) is 27.6. The minimum absolute atomic E-state index is 0.890. The van der Waals surface area contributed by atoms with Gasteiger partial charge in [0, 0.05) is 58.8 Å². The summed E-state index contributed by atoms with van der Waals surface area (Å²) in [6.45, 7) is 0. The fourth-order valence-electron chi connectivity index (χ4n) is 7.68. The van der Waals surface area contributed by atoms with Gasteiger partial charge in [-0.15, -0.1) is 11.3 Å². The van der Waals surface area contributed by atoms with Gasteiger partial charge in [-0.05, 0) is 94.7 Å². The van der Waals surface area contributed by atoms with Crippen molar-refractivity contribution in [3.05, 3.63) is 164 Å². The van der Waals surface area contributed by atoms with Crippen molar-refractivity contribution in [3.63, 3.8) is 0 Å². The molecule has 50 heavy (non-hydrogen) atoms. The van der Waals surface area contributed by atoms with Crippen LogP contribution in [-0.4, -0.2) is 0 Å². The van der Waals surface area contributed by atoms with E-state index in [9.17, 15) is 0 Å². The molecular formula is C46H27NO2S. The number of fused-ring (bicyclic) bond motifs is 11. The van der Waals surface area contributed by atoms with Crippen molar-refractivity contribution in [3.8, 4) is 11.1 Å². The van der Waals surface area contributed by atoms with Crippen LogP contribution in [0.2, 0.25) is 0 Å². The molecule has 0 unspecified atom stereocenters. The first-order valence-corrected chi connectivity index (χ1v) is 17.6. The summed E-state index contributed by atoms with van der Waals surface area (Å²) >= 11 is 1.84. The van der Waals surface area contributed by atoms with Gasteiger partial charge in [-0.25, -0.2) is 0 Å². The molecule has 0 saturated carbocycles. The summed E-state index contributed by atoms with van der Waals surface area (Å²) < 4.78 is 15.0. The van der Waals surface area contributed by atoms with Crippen LogP contribution < -0.4 is 4.90 Å². The van der Waals surface area contributed by atoms with E-state index < -0.39 is 0 Å². The van der Waals surface area contributed by atoms with Gasteiger partial charge in [-0.2, -0.15) is 0 Å². The molecule has 4 heteroatoms. The van der Waals surface area contributed by atoms with Crippen LogP contribution in [0.15, 0.2) is 173 Å². The Morgan fingerprint density at radius 2 is 0.960 bits per heavy atom. The molecule has 8 aromatic carbocycles. The summed E-state index contributed by atoms with van der Waals surface area (Å²) in [7, 11) is 0. The number of furan rings is 2. The molecule has 0 N–H and O–H groups in total. The highest BCUT2D eigenvalue weighted by molar-refractivity contribution is 7.25. The largest absolute Gasteiger partial charge is 0.456 e. The van der Waals surface area contributed by atoms with E-state index >= 15 is 0 Å². The van der Waals surface area contributed by atoms with Gasteiger partial charge in [0.2, 0.25) is 0 Å². The molecule has 3 aromatic heterocycles. The molecule has 0 radical (unpaired) electrons. The number of anilines is 3. The Labute approximate surface area is 290 Å². The van der Waals surface area contributed by atoms with Crippen molar-refractivity contribution >= 4 is 103 Å². The number of para-hydroxylation sites is 2. The molecular weight excluding hydrogens is 631 g/mol. The van der Waals surface area contributed by atoms with Crippen LogP contribution in [0.3, 0.4) is 0 Å². The molecule has 0 aliphatic rings. The Morgan fingerprint density at radius 3 is 1.84 bits per heavy atom. The standard InChI is InChI=1S/C46H27NO2S/c1-4-10-40-34(7-1)39-26-32(21-24-42(39)48-40)47(33-20-22-36-35-8-3-6-12-44(35)50-45(36)27-33)31-18-15-28(16-19-31)30-14-13-29-17-23-43-46(38(29)25-30)37-9-2-5-11-41(37)49-43/h1-27H. The Bertz CT molecular complexity index is 3110. The van der Waals surface area contributed by atoms with E-state index in [1.165, 1.54) is 41.9 Å². The maximum absolute atomic E-state index is 6.21. The number of nitrogens with zero attached hydrogens (tertiary/aromatic N) is 1. The molecule has 0 bridgehead atoms. The molecule has 0 aliphatic carbocycles. The zero-order valence-corrected chi connectivity index (χ0v) is 27.6. The first-order chi connectivity index (χ1) is 24.7. The average Bonchev–Trinajstić information content (AvgIpc) is 3.86. The van der Waals surface area contributed by atoms with Crippen LogP contribution in [-0.2, 0) is 0 Å². The van der Waals surface area contributed by atoms with Gasteiger partial charge in [0.15, 0.2) is 0 Å². The van der Waals surface area contributed by atoms with Crippen molar-refractivity contribution in [2.75, 3.05) is 4.90 Å². The molecule has 0 atom stereocenters. The lowest BCUT2D eigenvalue weighted by molar-refractivity contribution is 0.668. The second-order valence-corrected chi connectivity index (χ2v) is 14.0. The highest BCUT2D eigenvalue weighted by Crippen LogP contribution is 2.43. The summed E-state index contributed by atoms with van der Waals surface area (Å²) in [6.07, 6.45) is 0. The van der Waals surface area contributed by atoms with Crippen LogP contribution in [0.1, 0.15) is 0 Å². The molecule has 3 heterocycles. The van der Waals surface area contributed by atoms with Crippen molar-refractivity contribution in [2.45, 2.75) is 0 Å². The van der Waals surface area contributed by atoms with Gasteiger partial charge in [-0.3, -0.25) is 0 Å². The van der Waals surface area contributed by atoms with E-state index in [4.69, 9.17) is 8.83 Å². The number of thiophene rings is 1. The lowest BCUT2D eigenvalue weighted by Gasteiger charge is -2.26. The molecule has 0 saturated heterocycles. The molecule has 234 valence electrons. The predicted octanol–water partition coefficient (Wildman–Crippen LogP) is 14.1. The normalized spacial score (nSPS) is 12.0. The second-order valence-electron chi connectivity index (χ2n) is 12.9. The molecule has 0 amide bonds. The number of benzene rings is 8. The maximum Gasteiger partial charge on any atom is 0.136 e. The number of rotatable bonds is 4. The first-order valence-electron chi connectivity index (χ1n) is 16.8. The van der Waals surface area contributed by atoms with Crippen molar-refractivity contribution in [1.82, 2.24) is 0 Å². The zero-order chi connectivity index (χ0) is 32.8. The van der Waals surface area contributed by atoms with Crippen LogP contribution >= 0.6 is 11.3 Å². The second kappa shape index (κ2) is 10.6. The fraction of sp³-hybridized carbons (Fsp3) is 0. The van der Waals surface area contributed by atoms with Gasteiger partial charge in [0.05, 0.1) is 0 Å². The third kappa shape index (κ3) is 4.16. The quantitative estimate of drug-likeness (QED) is 0.189. The average molecular weight is 658 g/mol. The molecule has 11 aromatic rings. The minimum atomic E-state index is 0.890. The minimum Gasteiger partial charge on any atom is -0.456 e. The third-order valence-corrected chi connectivity index (χ3v) is 11.2. The third-order valence-electron chi connectivity index (χ3n) is 10.1. The van der Waals surface area contributed by atoms with Gasteiger partial charge in [0.25, 0.3) is 0 Å². The molecule has 0 spiro atoms. The van der Waals surface area contributed by atoms with E-state index in [2.05, 4.69) is 144 Å². The van der Waals surface area contributed by atoms with E-state index in [1.54, 1.807) is 0 Å². The molecule has 11 rings (SSSR count). The Balaban J connectivity index is 1.06. The van der Waals surface area contributed by atoms with E-state index in [1.807, 2.05) is 35.6 Å². The van der Waals surface area contributed by atoms with Gasteiger partial charge >= 0.3 is 0 Å². The zero-order valence-electron chi connectivity index (χ0n) is 26.8. The predicted molar refractivity (Wildman–Crippen MR) is 212 cm³/mol. The van der Waals surface area contributed by atoms with E-state index in [0.717, 1.165) is 61.1 Å². The summed E-state index contributed by atoms with van der Waals surface area (Å²) in [6, 6.07) is 58.5. The summed E-state index contributed by atoms with van der Waals surface area (Å²) in [5, 5.41) is 9.54. The Kier molecular flexibility index (Phi) is 5.83. The Morgan fingerprint density at radius 1 is 0.360 bits per heavy atom. The van der Waals surface area contributed by atoms with Gasteiger partial charge in [-0.1, -0.05) is 91.0 Å². The SMILES string of the molecule is c1ccc2c(c1)oc1ccc(N(c3ccc(-c4ccc5ccc6oc7ccccc7c6c5c4)cc3)c3ccc4c(c3)sc3ccccc34)cc12. The lowest BCUT2D eigenvalue weighted by atomic mass is 9.98. The van der Waals surface area contributed by atoms with Crippen LogP contribution in [0.25, 0.3) is 85.9 Å². The summed E-state index contributed by atoms with van der Waals surface area (Å²) in [5.74, 6) is 0. The van der Waals surface area contributed by atoms with E-state index in [0.29, 0.717) is 0 Å². The van der Waals surface area contributed by atoms with Crippen molar-refractivity contribution in [1.29, 1.82) is 0 Å². The molecule has 0 fully saturated rings. The fourth-order valence-corrected chi connectivity index (χ4v) is 8.82. The number of hydrogen-bond acceptors (Lipinski definition) is 4. The highest BCUT2D eigenvalue weighted by Gasteiger charge is 2.18. The smallest absolute Gasteiger partial charge is 0.136 e. The van der Waals surface area contributed by atoms with E-state index in [-0.39, 0.29) is 0 Å². The monoisotopic (exact) mass is 657 g/mol. The van der Waals surface area contributed by atoms with Crippen LogP contribution in [0, 0.1) is 0 Å².